The van der Waals surface area contributed by atoms with Gasteiger partial charge in [0.1, 0.15) is 0 Å². The van der Waals surface area contributed by atoms with Crippen LogP contribution >= 0.6 is 0 Å². The molecule has 0 amide bonds. The van der Waals surface area contributed by atoms with Gasteiger partial charge in [-0.3, -0.25) is 4.79 Å². The minimum Gasteiger partial charge on any atom is -0.481 e. The van der Waals surface area contributed by atoms with Crippen molar-refractivity contribution >= 4 is 5.97 Å². The van der Waals surface area contributed by atoms with Crippen LogP contribution in [0.4, 0.5) is 0 Å². The van der Waals surface area contributed by atoms with Gasteiger partial charge in [-0.1, -0.05) is 26.2 Å². The van der Waals surface area contributed by atoms with E-state index in [-0.39, 0.29) is 0 Å². The molecule has 2 rings (SSSR count). The largest absolute Gasteiger partial charge is 0.481 e. The Morgan fingerprint density at radius 1 is 1.35 bits per heavy atom. The molecule has 1 N–H and O–H groups in total. The second-order valence-electron chi connectivity index (χ2n) is 5.74. The van der Waals surface area contributed by atoms with E-state index in [0.29, 0.717) is 12.5 Å². The van der Waals surface area contributed by atoms with Crippen LogP contribution < -0.4 is 0 Å². The number of aliphatic carboxylic acids is 1. The summed E-state index contributed by atoms with van der Waals surface area (Å²) < 4.78 is 5.47. The molecule has 0 spiro atoms. The van der Waals surface area contributed by atoms with E-state index in [4.69, 9.17) is 4.74 Å². The smallest absolute Gasteiger partial charge is 0.312 e. The molecule has 0 aromatic carbocycles. The van der Waals surface area contributed by atoms with Crippen molar-refractivity contribution in [2.45, 2.75) is 51.9 Å². The van der Waals surface area contributed by atoms with Gasteiger partial charge in [0.25, 0.3) is 0 Å². The normalized spacial score (nSPS) is 38.9. The maximum atomic E-state index is 11.6. The fourth-order valence-corrected chi connectivity index (χ4v) is 3.60. The summed E-state index contributed by atoms with van der Waals surface area (Å²) in [6.07, 6.45) is 7.52. The zero-order valence-electron chi connectivity index (χ0n) is 10.8. The van der Waals surface area contributed by atoms with Gasteiger partial charge in [-0.2, -0.15) is 0 Å². The van der Waals surface area contributed by atoms with Crippen molar-refractivity contribution < 1.29 is 14.6 Å². The first-order valence-corrected chi connectivity index (χ1v) is 7.00. The summed E-state index contributed by atoms with van der Waals surface area (Å²) in [5, 5.41) is 9.58. The van der Waals surface area contributed by atoms with Crippen LogP contribution in [0.3, 0.4) is 0 Å². The number of rotatable bonds is 3. The fraction of sp³-hybridized carbons (Fsp3) is 0.929. The zero-order chi connectivity index (χ0) is 12.3. The molecule has 1 aliphatic carbocycles. The van der Waals surface area contributed by atoms with Crippen LogP contribution in [0.5, 0.6) is 0 Å². The molecule has 2 fully saturated rings. The molecular weight excluding hydrogens is 216 g/mol. The summed E-state index contributed by atoms with van der Waals surface area (Å²) in [5.74, 6) is 0.529. The molecule has 1 aliphatic heterocycles. The fourth-order valence-electron chi connectivity index (χ4n) is 3.60. The molecule has 0 aromatic heterocycles. The zero-order valence-corrected chi connectivity index (χ0v) is 10.8. The van der Waals surface area contributed by atoms with Gasteiger partial charge < -0.3 is 9.84 Å². The van der Waals surface area contributed by atoms with Gasteiger partial charge in [0.05, 0.1) is 12.0 Å². The number of carboxylic acids is 1. The predicted octanol–water partition coefficient (Wildman–Crippen LogP) is 3.08. The van der Waals surface area contributed by atoms with Crippen molar-refractivity contribution in [2.75, 3.05) is 13.2 Å². The summed E-state index contributed by atoms with van der Waals surface area (Å²) >= 11 is 0. The standard InChI is InChI=1S/C14H24O3/c1-2-11-4-6-12(7-5-11)14(13(15)16)8-3-9-17-10-14/h11-12H,2-10H2,1H3,(H,15,16). The Balaban J connectivity index is 2.04. The Labute approximate surface area is 104 Å². The summed E-state index contributed by atoms with van der Waals surface area (Å²) in [4.78, 5) is 11.6. The molecule has 1 atom stereocenters. The molecular formula is C14H24O3. The molecule has 1 heterocycles. The summed E-state index contributed by atoms with van der Waals surface area (Å²) in [7, 11) is 0. The van der Waals surface area contributed by atoms with Crippen LogP contribution in [0.15, 0.2) is 0 Å². The van der Waals surface area contributed by atoms with Crippen LogP contribution in [0.2, 0.25) is 0 Å². The maximum Gasteiger partial charge on any atom is 0.312 e. The molecule has 1 saturated heterocycles. The van der Waals surface area contributed by atoms with Gasteiger partial charge in [0, 0.05) is 6.61 Å². The lowest BCUT2D eigenvalue weighted by atomic mass is 9.64. The highest BCUT2D eigenvalue weighted by atomic mass is 16.5. The van der Waals surface area contributed by atoms with Crippen LogP contribution in [-0.2, 0) is 9.53 Å². The van der Waals surface area contributed by atoms with Crippen molar-refractivity contribution in [1.82, 2.24) is 0 Å². The SMILES string of the molecule is CCC1CCC(C2(C(=O)O)CCCOC2)CC1. The molecule has 98 valence electrons. The monoisotopic (exact) mass is 240 g/mol. The van der Waals surface area contributed by atoms with Crippen LogP contribution in [0, 0.1) is 17.3 Å². The van der Waals surface area contributed by atoms with Gasteiger partial charge in [0.15, 0.2) is 0 Å². The molecule has 0 bridgehead atoms. The minimum atomic E-state index is -0.628. The molecule has 0 aromatic rings. The predicted molar refractivity (Wildman–Crippen MR) is 65.9 cm³/mol. The van der Waals surface area contributed by atoms with Gasteiger partial charge in [0.2, 0.25) is 0 Å². The highest BCUT2D eigenvalue weighted by molar-refractivity contribution is 5.75. The van der Waals surface area contributed by atoms with Crippen molar-refractivity contribution in [3.63, 3.8) is 0 Å². The maximum absolute atomic E-state index is 11.6. The van der Waals surface area contributed by atoms with E-state index in [1.165, 1.54) is 19.3 Å². The van der Waals surface area contributed by atoms with E-state index >= 15 is 0 Å². The Kier molecular flexibility index (Phi) is 4.08. The van der Waals surface area contributed by atoms with Crippen LogP contribution in [0.1, 0.15) is 51.9 Å². The number of carboxylic acid groups (broad SMARTS) is 1. The van der Waals surface area contributed by atoms with E-state index in [0.717, 1.165) is 38.2 Å². The number of ether oxygens (including phenoxy) is 1. The summed E-state index contributed by atoms with van der Waals surface area (Å²) in [6, 6.07) is 0. The number of hydrogen-bond acceptors (Lipinski definition) is 2. The third-order valence-corrected chi connectivity index (χ3v) is 4.90. The first-order valence-electron chi connectivity index (χ1n) is 7.00. The van der Waals surface area contributed by atoms with Crippen molar-refractivity contribution in [3.05, 3.63) is 0 Å². The number of hydrogen-bond donors (Lipinski definition) is 1. The second-order valence-corrected chi connectivity index (χ2v) is 5.74. The highest BCUT2D eigenvalue weighted by Crippen LogP contribution is 2.45. The van der Waals surface area contributed by atoms with Gasteiger partial charge in [-0.15, -0.1) is 0 Å². The Morgan fingerprint density at radius 3 is 2.53 bits per heavy atom. The molecule has 17 heavy (non-hydrogen) atoms. The Bertz CT molecular complexity index is 261. The topological polar surface area (TPSA) is 46.5 Å². The number of carbonyl (C=O) groups is 1. The molecule has 3 heteroatoms. The van der Waals surface area contributed by atoms with Gasteiger partial charge in [-0.25, -0.2) is 0 Å². The molecule has 1 unspecified atom stereocenters. The van der Waals surface area contributed by atoms with Crippen molar-refractivity contribution in [1.29, 1.82) is 0 Å². The van der Waals surface area contributed by atoms with Crippen LogP contribution in [-0.4, -0.2) is 24.3 Å². The lowest BCUT2D eigenvalue weighted by molar-refractivity contribution is -0.165. The Hall–Kier alpha value is -0.570. The van der Waals surface area contributed by atoms with Crippen molar-refractivity contribution in [2.24, 2.45) is 17.3 Å². The van der Waals surface area contributed by atoms with E-state index in [9.17, 15) is 9.90 Å². The lowest BCUT2D eigenvalue weighted by Gasteiger charge is -2.42. The lowest BCUT2D eigenvalue weighted by Crippen LogP contribution is -2.46. The molecule has 1 saturated carbocycles. The average Bonchev–Trinajstić information content (AvgIpc) is 2.39. The van der Waals surface area contributed by atoms with Crippen LogP contribution in [0.25, 0.3) is 0 Å². The molecule has 3 nitrogen and oxygen atoms in total. The van der Waals surface area contributed by atoms with Gasteiger partial charge in [-0.05, 0) is 37.5 Å². The van der Waals surface area contributed by atoms with Crippen molar-refractivity contribution in [3.8, 4) is 0 Å². The quantitative estimate of drug-likeness (QED) is 0.824. The van der Waals surface area contributed by atoms with Gasteiger partial charge >= 0.3 is 5.97 Å². The first-order chi connectivity index (χ1) is 8.19. The van der Waals surface area contributed by atoms with E-state index in [1.807, 2.05) is 0 Å². The van der Waals surface area contributed by atoms with E-state index < -0.39 is 11.4 Å². The third-order valence-electron chi connectivity index (χ3n) is 4.90. The summed E-state index contributed by atoms with van der Waals surface area (Å²) in [6.45, 7) is 3.41. The Morgan fingerprint density at radius 2 is 2.06 bits per heavy atom. The third kappa shape index (κ3) is 2.49. The first kappa shape index (κ1) is 12.9. The van der Waals surface area contributed by atoms with E-state index in [1.54, 1.807) is 0 Å². The summed E-state index contributed by atoms with van der Waals surface area (Å²) in [5.41, 5.74) is -0.572. The average molecular weight is 240 g/mol. The second kappa shape index (κ2) is 5.38. The highest BCUT2D eigenvalue weighted by Gasteiger charge is 2.47. The molecule has 0 radical (unpaired) electrons. The molecule has 2 aliphatic rings. The minimum absolute atomic E-state index is 0.336. The van der Waals surface area contributed by atoms with E-state index in [2.05, 4.69) is 6.92 Å².